The van der Waals surface area contributed by atoms with E-state index in [0.717, 1.165) is 29.8 Å². The van der Waals surface area contributed by atoms with Gasteiger partial charge in [-0.15, -0.1) is 11.3 Å². The second kappa shape index (κ2) is 8.87. The van der Waals surface area contributed by atoms with Crippen LogP contribution in [0.4, 0.5) is 0 Å². The highest BCUT2D eigenvalue weighted by atomic mass is 32.1. The zero-order valence-electron chi connectivity index (χ0n) is 12.2. The van der Waals surface area contributed by atoms with Gasteiger partial charge in [-0.1, -0.05) is 13.8 Å². The minimum Gasteiger partial charge on any atom is -0.383 e. The van der Waals surface area contributed by atoms with Crippen LogP contribution in [0.5, 0.6) is 0 Å². The number of aromatic nitrogens is 1. The summed E-state index contributed by atoms with van der Waals surface area (Å²) in [5, 5.41) is 9.57. The fraction of sp³-hybridized carbons (Fsp3) is 0.692. The van der Waals surface area contributed by atoms with Crippen LogP contribution in [-0.2, 0) is 11.3 Å². The van der Waals surface area contributed by atoms with E-state index in [4.69, 9.17) is 4.74 Å². The van der Waals surface area contributed by atoms with Crippen LogP contribution in [0.3, 0.4) is 0 Å². The van der Waals surface area contributed by atoms with E-state index < -0.39 is 0 Å². The molecule has 0 unspecified atom stereocenters. The zero-order valence-corrected chi connectivity index (χ0v) is 13.0. The van der Waals surface area contributed by atoms with Crippen LogP contribution in [0.15, 0.2) is 10.4 Å². The Bertz CT molecular complexity index is 390. The number of guanidine groups is 1. The summed E-state index contributed by atoms with van der Waals surface area (Å²) in [5.41, 5.74) is 1.15. The summed E-state index contributed by atoms with van der Waals surface area (Å²) in [6.07, 6.45) is 0. The SMILES string of the molecule is CCNC(=NCc1nc(C(C)C)cs1)NCCOC. The molecule has 19 heavy (non-hydrogen) atoms. The van der Waals surface area contributed by atoms with E-state index in [2.05, 4.69) is 39.8 Å². The Labute approximate surface area is 119 Å². The van der Waals surface area contributed by atoms with Gasteiger partial charge in [0.2, 0.25) is 0 Å². The minimum atomic E-state index is 0.474. The molecule has 1 aromatic heterocycles. The van der Waals surface area contributed by atoms with Gasteiger partial charge in [0.05, 0.1) is 18.8 Å². The molecule has 0 fully saturated rings. The van der Waals surface area contributed by atoms with Crippen molar-refractivity contribution < 1.29 is 4.74 Å². The van der Waals surface area contributed by atoms with Crippen LogP contribution in [0, 0.1) is 0 Å². The van der Waals surface area contributed by atoms with Crippen LogP contribution in [0.1, 0.15) is 37.4 Å². The average molecular weight is 284 g/mol. The third-order valence-corrected chi connectivity index (χ3v) is 3.33. The third kappa shape index (κ3) is 6.02. The standard InChI is InChI=1S/C13H24N4OS/c1-5-14-13(15-6-7-18-4)16-8-12-17-11(9-19-12)10(2)3/h9-10H,5-8H2,1-4H3,(H2,14,15,16). The molecule has 0 saturated carbocycles. The number of thiazole rings is 1. The molecule has 108 valence electrons. The van der Waals surface area contributed by atoms with Crippen molar-refractivity contribution in [2.24, 2.45) is 4.99 Å². The molecule has 1 rings (SSSR count). The van der Waals surface area contributed by atoms with Crippen molar-refractivity contribution >= 4 is 17.3 Å². The number of ether oxygens (including phenoxy) is 1. The summed E-state index contributed by atoms with van der Waals surface area (Å²) in [4.78, 5) is 9.08. The lowest BCUT2D eigenvalue weighted by Crippen LogP contribution is -2.38. The van der Waals surface area contributed by atoms with Crippen molar-refractivity contribution in [1.29, 1.82) is 0 Å². The maximum atomic E-state index is 5.01. The van der Waals surface area contributed by atoms with E-state index in [1.54, 1.807) is 18.4 Å². The molecule has 0 aliphatic rings. The lowest BCUT2D eigenvalue weighted by Gasteiger charge is -2.10. The maximum absolute atomic E-state index is 5.01. The molecule has 1 heterocycles. The van der Waals surface area contributed by atoms with E-state index >= 15 is 0 Å². The second-order valence-corrected chi connectivity index (χ2v) is 5.38. The molecule has 0 amide bonds. The normalized spacial score (nSPS) is 11.9. The highest BCUT2D eigenvalue weighted by Gasteiger charge is 2.05. The molecule has 1 aromatic rings. The van der Waals surface area contributed by atoms with Gasteiger partial charge in [0.25, 0.3) is 0 Å². The quantitative estimate of drug-likeness (QED) is 0.456. The minimum absolute atomic E-state index is 0.474. The van der Waals surface area contributed by atoms with Gasteiger partial charge in [-0.3, -0.25) is 0 Å². The second-order valence-electron chi connectivity index (χ2n) is 4.44. The third-order valence-electron chi connectivity index (χ3n) is 2.48. The molecule has 5 nitrogen and oxygen atoms in total. The molecule has 0 atom stereocenters. The number of aliphatic imine (C=N–C) groups is 1. The Morgan fingerprint density at radius 3 is 2.84 bits per heavy atom. The molecule has 0 bridgehead atoms. The predicted molar refractivity (Wildman–Crippen MR) is 80.9 cm³/mol. The highest BCUT2D eigenvalue weighted by Crippen LogP contribution is 2.18. The van der Waals surface area contributed by atoms with Crippen molar-refractivity contribution in [3.63, 3.8) is 0 Å². The fourth-order valence-corrected chi connectivity index (χ4v) is 2.30. The van der Waals surface area contributed by atoms with Crippen LogP contribution >= 0.6 is 11.3 Å². The van der Waals surface area contributed by atoms with Gasteiger partial charge in [0.1, 0.15) is 5.01 Å². The van der Waals surface area contributed by atoms with Crippen LogP contribution in [0.2, 0.25) is 0 Å². The van der Waals surface area contributed by atoms with Crippen molar-refractivity contribution in [2.45, 2.75) is 33.2 Å². The Kier molecular flexibility index (Phi) is 7.43. The maximum Gasteiger partial charge on any atom is 0.191 e. The molecule has 0 aliphatic carbocycles. The van der Waals surface area contributed by atoms with Gasteiger partial charge in [0, 0.05) is 25.6 Å². The molecule has 0 saturated heterocycles. The number of rotatable bonds is 7. The number of hydrogen-bond donors (Lipinski definition) is 2. The van der Waals surface area contributed by atoms with Gasteiger partial charge < -0.3 is 15.4 Å². The van der Waals surface area contributed by atoms with Gasteiger partial charge in [-0.05, 0) is 12.8 Å². The molecule has 0 aromatic carbocycles. The van der Waals surface area contributed by atoms with Crippen LogP contribution in [-0.4, -0.2) is 37.7 Å². The molecule has 0 spiro atoms. The van der Waals surface area contributed by atoms with Crippen molar-refractivity contribution in [2.75, 3.05) is 26.8 Å². The van der Waals surface area contributed by atoms with E-state index in [-0.39, 0.29) is 0 Å². The first kappa shape index (κ1) is 15.9. The Hall–Kier alpha value is -1.14. The summed E-state index contributed by atoms with van der Waals surface area (Å²) >= 11 is 1.67. The Morgan fingerprint density at radius 2 is 2.26 bits per heavy atom. The first-order valence-corrected chi connectivity index (χ1v) is 7.50. The number of methoxy groups -OCH3 is 1. The molecule has 0 aliphatic heterocycles. The van der Waals surface area contributed by atoms with Gasteiger partial charge in [-0.25, -0.2) is 9.98 Å². The molecular formula is C13H24N4OS. The topological polar surface area (TPSA) is 58.5 Å². The van der Waals surface area contributed by atoms with E-state index in [0.29, 0.717) is 19.1 Å². The van der Waals surface area contributed by atoms with Crippen molar-refractivity contribution in [3.05, 3.63) is 16.1 Å². The number of nitrogens with zero attached hydrogens (tertiary/aromatic N) is 2. The largest absolute Gasteiger partial charge is 0.383 e. The Morgan fingerprint density at radius 1 is 1.47 bits per heavy atom. The number of hydrogen-bond acceptors (Lipinski definition) is 4. The van der Waals surface area contributed by atoms with E-state index in [1.165, 1.54) is 0 Å². The summed E-state index contributed by atoms with van der Waals surface area (Å²) in [7, 11) is 1.69. The first-order chi connectivity index (χ1) is 9.17. The molecule has 0 radical (unpaired) electrons. The Balaban J connectivity index is 2.52. The molecule has 2 N–H and O–H groups in total. The highest BCUT2D eigenvalue weighted by molar-refractivity contribution is 7.09. The lowest BCUT2D eigenvalue weighted by molar-refractivity contribution is 0.203. The van der Waals surface area contributed by atoms with Crippen LogP contribution in [0.25, 0.3) is 0 Å². The van der Waals surface area contributed by atoms with Gasteiger partial charge >= 0.3 is 0 Å². The fourth-order valence-electron chi connectivity index (χ4n) is 1.42. The monoisotopic (exact) mass is 284 g/mol. The lowest BCUT2D eigenvalue weighted by atomic mass is 10.2. The first-order valence-electron chi connectivity index (χ1n) is 6.62. The van der Waals surface area contributed by atoms with E-state index in [1.807, 2.05) is 6.92 Å². The zero-order chi connectivity index (χ0) is 14.1. The summed E-state index contributed by atoms with van der Waals surface area (Å²) in [6.45, 7) is 9.22. The predicted octanol–water partition coefficient (Wildman–Crippen LogP) is 1.97. The summed E-state index contributed by atoms with van der Waals surface area (Å²) < 4.78 is 5.01. The average Bonchev–Trinajstić information content (AvgIpc) is 2.85. The van der Waals surface area contributed by atoms with Gasteiger partial charge in [0.15, 0.2) is 5.96 Å². The molecule has 6 heteroatoms. The van der Waals surface area contributed by atoms with E-state index in [9.17, 15) is 0 Å². The van der Waals surface area contributed by atoms with Crippen molar-refractivity contribution in [1.82, 2.24) is 15.6 Å². The van der Waals surface area contributed by atoms with Crippen LogP contribution < -0.4 is 10.6 Å². The van der Waals surface area contributed by atoms with Gasteiger partial charge in [-0.2, -0.15) is 0 Å². The number of nitrogens with one attached hydrogen (secondary N) is 2. The van der Waals surface area contributed by atoms with Crippen molar-refractivity contribution in [3.8, 4) is 0 Å². The smallest absolute Gasteiger partial charge is 0.191 e. The summed E-state index contributed by atoms with van der Waals surface area (Å²) in [5.74, 6) is 1.28. The summed E-state index contributed by atoms with van der Waals surface area (Å²) in [6, 6.07) is 0. The molecular weight excluding hydrogens is 260 g/mol.